The van der Waals surface area contributed by atoms with E-state index in [-0.39, 0.29) is 24.2 Å². The summed E-state index contributed by atoms with van der Waals surface area (Å²) in [4.78, 5) is 13.8. The third-order valence-corrected chi connectivity index (χ3v) is 4.04. The van der Waals surface area contributed by atoms with Crippen molar-refractivity contribution in [2.75, 3.05) is 21.3 Å². The van der Waals surface area contributed by atoms with Crippen LogP contribution in [0.2, 0.25) is 0 Å². The van der Waals surface area contributed by atoms with Gasteiger partial charge < -0.3 is 14.6 Å². The Morgan fingerprint density at radius 2 is 2.00 bits per heavy atom. The summed E-state index contributed by atoms with van der Waals surface area (Å²) in [6.07, 6.45) is 0.859. The number of fused-ring (bicyclic) bond motifs is 2. The maximum atomic E-state index is 11.7. The molecule has 5 atom stereocenters. The molecule has 92 valence electrons. The van der Waals surface area contributed by atoms with Crippen molar-refractivity contribution < 1.29 is 19.4 Å². The molecule has 0 unspecified atom stereocenters. The fourth-order valence-corrected chi connectivity index (χ4v) is 3.14. The maximum Gasteiger partial charge on any atom is 0.312 e. The van der Waals surface area contributed by atoms with E-state index in [2.05, 4.69) is 4.90 Å². The van der Waals surface area contributed by atoms with Crippen LogP contribution in [0, 0.1) is 5.92 Å². The summed E-state index contributed by atoms with van der Waals surface area (Å²) in [6, 6.07) is 0.247. The highest BCUT2D eigenvalue weighted by molar-refractivity contribution is 5.74. The molecular weight excluding hydrogens is 210 g/mol. The third-order valence-electron chi connectivity index (χ3n) is 4.04. The predicted octanol–water partition coefficient (Wildman–Crippen LogP) is -0.372. The molecule has 0 aliphatic carbocycles. The molecule has 2 aliphatic rings. The summed E-state index contributed by atoms with van der Waals surface area (Å²) in [5, 5.41) is 10.00. The predicted molar refractivity (Wildman–Crippen MR) is 56.9 cm³/mol. The molecule has 0 aromatic carbocycles. The molecule has 0 spiro atoms. The number of aliphatic hydroxyl groups excluding tert-OH is 1. The number of hydrogen-bond donors (Lipinski definition) is 1. The number of hydrogen-bond acceptors (Lipinski definition) is 5. The smallest absolute Gasteiger partial charge is 0.312 e. The molecule has 2 saturated heterocycles. The average Bonchev–Trinajstić information content (AvgIpc) is 2.48. The second-order valence-corrected chi connectivity index (χ2v) is 4.66. The summed E-state index contributed by atoms with van der Waals surface area (Å²) >= 11 is 0. The molecule has 2 aliphatic heterocycles. The Morgan fingerprint density at radius 1 is 1.31 bits per heavy atom. The highest BCUT2D eigenvalue weighted by Crippen LogP contribution is 2.39. The lowest BCUT2D eigenvalue weighted by atomic mass is 9.88. The number of likely N-dealkylation sites (N-methyl/N-ethyl adjacent to an activating group) is 1. The Morgan fingerprint density at radius 3 is 2.56 bits per heavy atom. The lowest BCUT2D eigenvalue weighted by Gasteiger charge is -2.39. The zero-order chi connectivity index (χ0) is 11.9. The Kier molecular flexibility index (Phi) is 3.19. The Labute approximate surface area is 95.3 Å². The second-order valence-electron chi connectivity index (χ2n) is 4.66. The third kappa shape index (κ3) is 1.63. The molecule has 16 heavy (non-hydrogen) atoms. The molecule has 2 heterocycles. The van der Waals surface area contributed by atoms with Crippen LogP contribution in [0.15, 0.2) is 0 Å². The first-order valence-electron chi connectivity index (χ1n) is 5.60. The molecule has 1 N–H and O–H groups in total. The minimum atomic E-state index is -0.612. The fourth-order valence-electron chi connectivity index (χ4n) is 3.14. The molecule has 2 rings (SSSR count). The number of ether oxygens (including phenoxy) is 2. The van der Waals surface area contributed by atoms with Gasteiger partial charge in [-0.3, -0.25) is 9.69 Å². The molecule has 2 fully saturated rings. The molecule has 0 aromatic rings. The maximum absolute atomic E-state index is 11.7. The van der Waals surface area contributed by atoms with Crippen molar-refractivity contribution in [1.29, 1.82) is 0 Å². The minimum absolute atomic E-state index is 0.0335. The Hall–Kier alpha value is -0.650. The molecule has 2 bridgehead atoms. The van der Waals surface area contributed by atoms with E-state index in [1.165, 1.54) is 7.11 Å². The number of aliphatic hydroxyl groups is 1. The molecule has 0 aromatic heterocycles. The van der Waals surface area contributed by atoms with Crippen molar-refractivity contribution in [2.24, 2.45) is 5.92 Å². The van der Waals surface area contributed by atoms with Gasteiger partial charge in [0.1, 0.15) is 0 Å². The number of carbonyl (C=O) groups excluding carboxylic acids is 1. The van der Waals surface area contributed by atoms with Gasteiger partial charge in [0.05, 0.1) is 25.2 Å². The van der Waals surface area contributed by atoms with E-state index in [1.54, 1.807) is 7.11 Å². The summed E-state index contributed by atoms with van der Waals surface area (Å²) in [5.41, 5.74) is 0. The summed E-state index contributed by atoms with van der Waals surface area (Å²) < 4.78 is 10.2. The molecule has 5 heteroatoms. The first-order valence-corrected chi connectivity index (χ1v) is 5.60. The summed E-state index contributed by atoms with van der Waals surface area (Å²) in [5.74, 6) is -0.758. The number of carbonyl (C=O) groups is 1. The van der Waals surface area contributed by atoms with Crippen LogP contribution in [0.3, 0.4) is 0 Å². The second kappa shape index (κ2) is 4.31. The lowest BCUT2D eigenvalue weighted by Crippen LogP contribution is -2.53. The van der Waals surface area contributed by atoms with E-state index < -0.39 is 12.0 Å². The zero-order valence-corrected chi connectivity index (χ0v) is 9.92. The van der Waals surface area contributed by atoms with Crippen LogP contribution in [0.5, 0.6) is 0 Å². The van der Waals surface area contributed by atoms with E-state index in [4.69, 9.17) is 9.47 Å². The van der Waals surface area contributed by atoms with Gasteiger partial charge in [-0.15, -0.1) is 0 Å². The largest absolute Gasteiger partial charge is 0.469 e. The van der Waals surface area contributed by atoms with Crippen LogP contribution in [0.1, 0.15) is 12.8 Å². The number of piperidine rings is 1. The number of methoxy groups -OCH3 is 2. The van der Waals surface area contributed by atoms with Crippen LogP contribution in [0.25, 0.3) is 0 Å². The van der Waals surface area contributed by atoms with Crippen LogP contribution < -0.4 is 0 Å². The highest BCUT2D eigenvalue weighted by atomic mass is 16.5. The van der Waals surface area contributed by atoms with Gasteiger partial charge >= 0.3 is 5.97 Å². The van der Waals surface area contributed by atoms with E-state index in [0.29, 0.717) is 6.42 Å². The average molecular weight is 229 g/mol. The van der Waals surface area contributed by atoms with Crippen molar-refractivity contribution in [3.63, 3.8) is 0 Å². The first kappa shape index (κ1) is 11.8. The van der Waals surface area contributed by atoms with Crippen molar-refractivity contribution in [2.45, 2.75) is 37.1 Å². The topological polar surface area (TPSA) is 59.0 Å². The normalized spacial score (nSPS) is 43.4. The van der Waals surface area contributed by atoms with Crippen LogP contribution in [-0.2, 0) is 14.3 Å². The fraction of sp³-hybridized carbons (Fsp3) is 0.909. The van der Waals surface area contributed by atoms with E-state index in [1.807, 2.05) is 7.05 Å². The van der Waals surface area contributed by atoms with Gasteiger partial charge in [0.25, 0.3) is 0 Å². The van der Waals surface area contributed by atoms with Crippen LogP contribution in [0.4, 0.5) is 0 Å². The molecule has 0 saturated carbocycles. The molecule has 0 radical (unpaired) electrons. The quantitative estimate of drug-likeness (QED) is 0.655. The summed E-state index contributed by atoms with van der Waals surface area (Å²) in [7, 11) is 5.03. The molecular formula is C11H19NO4. The van der Waals surface area contributed by atoms with E-state index in [0.717, 1.165) is 6.42 Å². The molecule has 0 amide bonds. The number of nitrogens with zero attached hydrogens (tertiary/aromatic N) is 1. The van der Waals surface area contributed by atoms with Gasteiger partial charge in [0, 0.05) is 19.2 Å². The standard InChI is InChI=1S/C11H19NO4/c1-12-6-4-8(13)10(11(14)16-3)7(12)5-9(6)15-2/h6-10,13H,4-5H2,1-3H3/t6-,7-,8+,9+,10-/m1/s1. The van der Waals surface area contributed by atoms with Crippen LogP contribution in [-0.4, -0.2) is 61.5 Å². The SMILES string of the molecule is COC(=O)[C@@H]1[C@H]2C[C@H](OC)[C@@H](C[C@@H]1O)N2C. The number of rotatable bonds is 2. The van der Waals surface area contributed by atoms with Crippen molar-refractivity contribution in [3.05, 3.63) is 0 Å². The monoisotopic (exact) mass is 229 g/mol. The van der Waals surface area contributed by atoms with Crippen molar-refractivity contribution >= 4 is 5.97 Å². The van der Waals surface area contributed by atoms with Gasteiger partial charge in [-0.2, -0.15) is 0 Å². The van der Waals surface area contributed by atoms with Gasteiger partial charge in [0.2, 0.25) is 0 Å². The lowest BCUT2D eigenvalue weighted by molar-refractivity contribution is -0.155. The van der Waals surface area contributed by atoms with Crippen molar-refractivity contribution in [1.82, 2.24) is 4.90 Å². The molecule has 5 nitrogen and oxygen atoms in total. The zero-order valence-electron chi connectivity index (χ0n) is 9.92. The van der Waals surface area contributed by atoms with Gasteiger partial charge in [0.15, 0.2) is 0 Å². The minimum Gasteiger partial charge on any atom is -0.469 e. The number of esters is 1. The Balaban J connectivity index is 2.21. The van der Waals surface area contributed by atoms with E-state index >= 15 is 0 Å². The first-order chi connectivity index (χ1) is 7.60. The Bertz CT molecular complexity index is 283. The van der Waals surface area contributed by atoms with E-state index in [9.17, 15) is 9.90 Å². The van der Waals surface area contributed by atoms with Gasteiger partial charge in [-0.25, -0.2) is 0 Å². The van der Waals surface area contributed by atoms with Crippen LogP contribution >= 0.6 is 0 Å². The van der Waals surface area contributed by atoms with Crippen molar-refractivity contribution in [3.8, 4) is 0 Å². The van der Waals surface area contributed by atoms with Gasteiger partial charge in [-0.1, -0.05) is 0 Å². The highest BCUT2D eigenvalue weighted by Gasteiger charge is 2.53. The van der Waals surface area contributed by atoms with Gasteiger partial charge in [-0.05, 0) is 19.9 Å². The summed E-state index contributed by atoms with van der Waals surface area (Å²) in [6.45, 7) is 0.